The van der Waals surface area contributed by atoms with Crippen molar-refractivity contribution < 1.29 is 14.6 Å². The zero-order chi connectivity index (χ0) is 26.0. The fourth-order valence-corrected chi connectivity index (χ4v) is 4.81. The second-order valence-electron chi connectivity index (χ2n) is 8.24. The van der Waals surface area contributed by atoms with Crippen molar-refractivity contribution in [3.05, 3.63) is 101 Å². The normalized spacial score (nSPS) is 11.5. The number of halogens is 3. The number of aromatic carboxylic acids is 1. The number of hydrogen-bond donors (Lipinski definition) is 1. The summed E-state index contributed by atoms with van der Waals surface area (Å²) in [6.07, 6.45) is 1.51. The molecule has 0 saturated carbocycles. The SMILES string of the molecule is CC(C)c1nc2ccc(Br)cc2c(=O)n1N=Cc1cc(Cl)cc(Br)c1OCc1ccc(C(=O)O)cc1. The molecule has 0 fully saturated rings. The minimum absolute atomic E-state index is 0.0570. The average Bonchev–Trinajstić information content (AvgIpc) is 2.83. The van der Waals surface area contributed by atoms with Gasteiger partial charge in [-0.1, -0.05) is 53.5 Å². The van der Waals surface area contributed by atoms with Crippen LogP contribution in [0.3, 0.4) is 0 Å². The molecule has 3 aromatic carbocycles. The first kappa shape index (κ1) is 26.1. The molecule has 0 spiro atoms. The molecule has 1 heterocycles. The number of fused-ring (bicyclic) bond motifs is 1. The Morgan fingerprint density at radius 1 is 1.17 bits per heavy atom. The third-order valence-corrected chi connectivity index (χ3v) is 6.58. The summed E-state index contributed by atoms with van der Waals surface area (Å²) >= 11 is 13.2. The monoisotopic (exact) mass is 631 g/mol. The van der Waals surface area contributed by atoms with E-state index >= 15 is 0 Å². The summed E-state index contributed by atoms with van der Waals surface area (Å²) in [5.41, 5.74) is 1.84. The van der Waals surface area contributed by atoms with Gasteiger partial charge in [-0.2, -0.15) is 9.78 Å². The lowest BCUT2D eigenvalue weighted by Gasteiger charge is -2.14. The molecule has 0 radical (unpaired) electrons. The third kappa shape index (κ3) is 5.69. The zero-order valence-corrected chi connectivity index (χ0v) is 23.1. The van der Waals surface area contributed by atoms with Crippen LogP contribution in [0.15, 0.2) is 73.4 Å². The van der Waals surface area contributed by atoms with Gasteiger partial charge in [0.1, 0.15) is 18.2 Å². The number of nitrogens with zero attached hydrogens (tertiary/aromatic N) is 3. The Labute approximate surface area is 228 Å². The first-order valence-electron chi connectivity index (χ1n) is 10.8. The van der Waals surface area contributed by atoms with Crippen molar-refractivity contribution in [2.75, 3.05) is 0 Å². The molecule has 4 aromatic rings. The summed E-state index contributed by atoms with van der Waals surface area (Å²) in [5, 5.41) is 14.5. The van der Waals surface area contributed by atoms with Crippen molar-refractivity contribution in [3.63, 3.8) is 0 Å². The Balaban J connectivity index is 1.72. The molecule has 0 amide bonds. The van der Waals surface area contributed by atoms with E-state index in [1.54, 1.807) is 36.4 Å². The van der Waals surface area contributed by atoms with E-state index in [2.05, 4.69) is 41.9 Å². The maximum Gasteiger partial charge on any atom is 0.335 e. The highest BCUT2D eigenvalue weighted by Gasteiger charge is 2.15. The third-order valence-electron chi connectivity index (χ3n) is 5.28. The molecule has 0 aliphatic carbocycles. The van der Waals surface area contributed by atoms with Crippen molar-refractivity contribution in [1.29, 1.82) is 0 Å². The van der Waals surface area contributed by atoms with Crippen LogP contribution in [-0.2, 0) is 6.61 Å². The van der Waals surface area contributed by atoms with Crippen LogP contribution in [0.1, 0.15) is 47.1 Å². The highest BCUT2D eigenvalue weighted by Crippen LogP contribution is 2.32. The molecule has 0 bridgehead atoms. The van der Waals surface area contributed by atoms with E-state index in [-0.39, 0.29) is 23.6 Å². The van der Waals surface area contributed by atoms with Gasteiger partial charge >= 0.3 is 5.97 Å². The van der Waals surface area contributed by atoms with Gasteiger partial charge in [0.25, 0.3) is 5.56 Å². The molecular weight excluding hydrogens is 614 g/mol. The Kier molecular flexibility index (Phi) is 7.92. The van der Waals surface area contributed by atoms with Gasteiger partial charge in [0.2, 0.25) is 0 Å². The van der Waals surface area contributed by atoms with Gasteiger partial charge < -0.3 is 9.84 Å². The molecule has 1 aromatic heterocycles. The summed E-state index contributed by atoms with van der Waals surface area (Å²) in [7, 11) is 0. The largest absolute Gasteiger partial charge is 0.487 e. The molecular formula is C26H20Br2ClN3O4. The highest BCUT2D eigenvalue weighted by molar-refractivity contribution is 9.10. The van der Waals surface area contributed by atoms with Gasteiger partial charge in [0.15, 0.2) is 0 Å². The van der Waals surface area contributed by atoms with E-state index < -0.39 is 5.97 Å². The smallest absolute Gasteiger partial charge is 0.335 e. The van der Waals surface area contributed by atoms with Crippen LogP contribution in [0.5, 0.6) is 5.75 Å². The Bertz CT molecular complexity index is 1550. The molecule has 0 aliphatic rings. The van der Waals surface area contributed by atoms with E-state index in [4.69, 9.17) is 21.4 Å². The van der Waals surface area contributed by atoms with Crippen molar-refractivity contribution in [1.82, 2.24) is 9.66 Å². The van der Waals surface area contributed by atoms with Gasteiger partial charge in [-0.3, -0.25) is 4.79 Å². The van der Waals surface area contributed by atoms with E-state index in [0.29, 0.717) is 37.5 Å². The Morgan fingerprint density at radius 2 is 1.89 bits per heavy atom. The minimum atomic E-state index is -0.993. The highest BCUT2D eigenvalue weighted by atomic mass is 79.9. The Hall–Kier alpha value is -3.01. The molecule has 184 valence electrons. The van der Waals surface area contributed by atoms with Gasteiger partial charge in [-0.25, -0.2) is 9.78 Å². The summed E-state index contributed by atoms with van der Waals surface area (Å²) in [6, 6.07) is 15.2. The Morgan fingerprint density at radius 3 is 2.56 bits per heavy atom. The van der Waals surface area contributed by atoms with E-state index in [9.17, 15) is 9.59 Å². The average molecular weight is 634 g/mol. The van der Waals surface area contributed by atoms with Gasteiger partial charge in [0.05, 0.1) is 27.2 Å². The van der Waals surface area contributed by atoms with Crippen LogP contribution in [0.25, 0.3) is 10.9 Å². The number of carboxylic acids is 1. The summed E-state index contributed by atoms with van der Waals surface area (Å²) in [4.78, 5) is 29.1. The van der Waals surface area contributed by atoms with Crippen LogP contribution in [0, 0.1) is 0 Å². The predicted molar refractivity (Wildman–Crippen MR) is 148 cm³/mol. The number of benzene rings is 3. The van der Waals surface area contributed by atoms with Crippen molar-refractivity contribution in [3.8, 4) is 5.75 Å². The fourth-order valence-electron chi connectivity index (χ4n) is 3.50. The number of aromatic nitrogens is 2. The number of carbonyl (C=O) groups is 1. The topological polar surface area (TPSA) is 93.8 Å². The van der Waals surface area contributed by atoms with Crippen LogP contribution >= 0.6 is 43.5 Å². The van der Waals surface area contributed by atoms with E-state index in [0.717, 1.165) is 10.0 Å². The summed E-state index contributed by atoms with van der Waals surface area (Å²) < 4.78 is 8.71. The molecule has 7 nitrogen and oxygen atoms in total. The second kappa shape index (κ2) is 10.9. The number of ether oxygens (including phenoxy) is 1. The quantitative estimate of drug-likeness (QED) is 0.225. The molecule has 0 aliphatic heterocycles. The number of hydrogen-bond acceptors (Lipinski definition) is 5. The minimum Gasteiger partial charge on any atom is -0.487 e. The maximum absolute atomic E-state index is 13.3. The first-order chi connectivity index (χ1) is 17.1. The van der Waals surface area contributed by atoms with Crippen LogP contribution in [0.4, 0.5) is 0 Å². The lowest BCUT2D eigenvalue weighted by Crippen LogP contribution is -2.23. The number of rotatable bonds is 7. The second-order valence-corrected chi connectivity index (χ2v) is 10.5. The van der Waals surface area contributed by atoms with Crippen molar-refractivity contribution in [2.45, 2.75) is 26.4 Å². The lowest BCUT2D eigenvalue weighted by molar-refractivity contribution is 0.0697. The number of carboxylic acid groups (broad SMARTS) is 1. The molecule has 1 N–H and O–H groups in total. The molecule has 0 saturated heterocycles. The standard InChI is InChI=1S/C26H20Br2ClN3O4/c1-14(2)24-31-22-8-7-18(27)10-20(22)25(33)32(24)30-12-17-9-19(29)11-21(28)23(17)36-13-15-3-5-16(6-4-15)26(34)35/h3-12,14H,13H2,1-2H3,(H,34,35). The molecule has 0 unspecified atom stereocenters. The molecule has 4 rings (SSSR count). The van der Waals surface area contributed by atoms with Crippen LogP contribution in [-0.4, -0.2) is 27.0 Å². The van der Waals surface area contributed by atoms with Gasteiger partial charge in [-0.05, 0) is 64.0 Å². The van der Waals surface area contributed by atoms with E-state index in [1.165, 1.54) is 23.0 Å². The summed E-state index contributed by atoms with van der Waals surface area (Å²) in [5.74, 6) is -0.0549. The lowest BCUT2D eigenvalue weighted by atomic mass is 10.1. The molecule has 0 atom stereocenters. The van der Waals surface area contributed by atoms with Crippen molar-refractivity contribution in [2.24, 2.45) is 5.10 Å². The molecule has 10 heteroatoms. The fraction of sp³-hybridized carbons (Fsp3) is 0.154. The first-order valence-corrected chi connectivity index (χ1v) is 12.8. The van der Waals surface area contributed by atoms with Crippen LogP contribution < -0.4 is 10.3 Å². The van der Waals surface area contributed by atoms with Gasteiger partial charge in [-0.15, -0.1) is 0 Å². The zero-order valence-electron chi connectivity index (χ0n) is 19.2. The van der Waals surface area contributed by atoms with Gasteiger partial charge in [0, 0.05) is 21.0 Å². The maximum atomic E-state index is 13.3. The summed E-state index contributed by atoms with van der Waals surface area (Å²) in [6.45, 7) is 4.07. The predicted octanol–water partition coefficient (Wildman–Crippen LogP) is 6.86. The van der Waals surface area contributed by atoms with E-state index in [1.807, 2.05) is 19.9 Å². The molecule has 36 heavy (non-hydrogen) atoms. The van der Waals surface area contributed by atoms with Crippen molar-refractivity contribution >= 4 is 66.5 Å². The van der Waals surface area contributed by atoms with Crippen LogP contribution in [0.2, 0.25) is 5.02 Å².